The SMILES string of the molecule is COc1ccc(S(=O)(=O)C(CNC(=O)c2cc([N+](=O)[O-])ccc2Cl)c2ccco2)cc1. The summed E-state index contributed by atoms with van der Waals surface area (Å²) < 4.78 is 36.8. The van der Waals surface area contributed by atoms with Gasteiger partial charge < -0.3 is 14.5 Å². The van der Waals surface area contributed by atoms with Crippen LogP contribution in [-0.2, 0) is 9.84 Å². The number of nitrogens with zero attached hydrogens (tertiary/aromatic N) is 1. The van der Waals surface area contributed by atoms with Crippen molar-refractivity contribution in [1.29, 1.82) is 0 Å². The van der Waals surface area contributed by atoms with Gasteiger partial charge in [-0.05, 0) is 42.5 Å². The number of hydrogen-bond donors (Lipinski definition) is 1. The van der Waals surface area contributed by atoms with E-state index in [1.54, 1.807) is 0 Å². The molecule has 2 aromatic carbocycles. The van der Waals surface area contributed by atoms with Gasteiger partial charge in [-0.15, -0.1) is 0 Å². The Morgan fingerprint density at radius 2 is 1.94 bits per heavy atom. The Kier molecular flexibility index (Phi) is 6.62. The second-order valence-electron chi connectivity index (χ2n) is 6.36. The van der Waals surface area contributed by atoms with Crippen LogP contribution in [-0.4, -0.2) is 32.9 Å². The average Bonchev–Trinajstić information content (AvgIpc) is 3.28. The first-order chi connectivity index (χ1) is 14.7. The highest BCUT2D eigenvalue weighted by Crippen LogP contribution is 2.30. The fourth-order valence-corrected chi connectivity index (χ4v) is 4.64. The Bertz CT molecular complexity index is 1190. The molecule has 1 atom stereocenters. The average molecular weight is 465 g/mol. The molecule has 0 aliphatic rings. The third-order valence-corrected chi connectivity index (χ3v) is 6.88. The van der Waals surface area contributed by atoms with Gasteiger partial charge in [0.05, 0.1) is 33.8 Å². The highest BCUT2D eigenvalue weighted by molar-refractivity contribution is 7.91. The number of nitrogens with one attached hydrogen (secondary N) is 1. The van der Waals surface area contributed by atoms with Crippen molar-refractivity contribution in [1.82, 2.24) is 5.32 Å². The molecule has 0 saturated heterocycles. The van der Waals surface area contributed by atoms with Gasteiger partial charge in [0.25, 0.3) is 11.6 Å². The van der Waals surface area contributed by atoms with Crippen LogP contribution in [0.1, 0.15) is 21.4 Å². The molecule has 1 heterocycles. The van der Waals surface area contributed by atoms with Crippen LogP contribution >= 0.6 is 11.6 Å². The molecule has 0 aliphatic carbocycles. The van der Waals surface area contributed by atoms with Crippen molar-refractivity contribution in [2.45, 2.75) is 10.1 Å². The molecule has 3 aromatic rings. The van der Waals surface area contributed by atoms with E-state index in [1.807, 2.05) is 0 Å². The van der Waals surface area contributed by atoms with Crippen LogP contribution in [0.4, 0.5) is 5.69 Å². The van der Waals surface area contributed by atoms with Gasteiger partial charge in [-0.1, -0.05) is 11.6 Å². The molecular formula is C20H17ClN2O7S. The lowest BCUT2D eigenvalue weighted by Gasteiger charge is -2.17. The number of non-ortho nitro benzene ring substituents is 1. The van der Waals surface area contributed by atoms with Crippen LogP contribution in [0.5, 0.6) is 5.75 Å². The lowest BCUT2D eigenvalue weighted by molar-refractivity contribution is -0.384. The highest BCUT2D eigenvalue weighted by Gasteiger charge is 2.32. The van der Waals surface area contributed by atoms with Crippen LogP contribution in [0.2, 0.25) is 5.02 Å². The number of hydrogen-bond acceptors (Lipinski definition) is 7. The van der Waals surface area contributed by atoms with Gasteiger partial charge in [0.2, 0.25) is 0 Å². The molecule has 0 fully saturated rings. The zero-order valence-corrected chi connectivity index (χ0v) is 17.7. The largest absolute Gasteiger partial charge is 0.497 e. The zero-order valence-electron chi connectivity index (χ0n) is 16.1. The number of ether oxygens (including phenoxy) is 1. The molecule has 1 N–H and O–H groups in total. The smallest absolute Gasteiger partial charge is 0.270 e. The summed E-state index contributed by atoms with van der Waals surface area (Å²) in [6.45, 7) is -0.347. The molecule has 0 radical (unpaired) electrons. The van der Waals surface area contributed by atoms with Crippen LogP contribution in [0, 0.1) is 10.1 Å². The van der Waals surface area contributed by atoms with E-state index >= 15 is 0 Å². The van der Waals surface area contributed by atoms with Gasteiger partial charge in [0, 0.05) is 18.7 Å². The van der Waals surface area contributed by atoms with Crippen molar-refractivity contribution in [3.63, 3.8) is 0 Å². The minimum atomic E-state index is -3.96. The number of furan rings is 1. The normalized spacial score (nSPS) is 12.2. The molecule has 0 bridgehead atoms. The molecule has 3 rings (SSSR count). The Morgan fingerprint density at radius 1 is 1.23 bits per heavy atom. The molecule has 31 heavy (non-hydrogen) atoms. The van der Waals surface area contributed by atoms with Crippen LogP contribution in [0.3, 0.4) is 0 Å². The third-order valence-electron chi connectivity index (χ3n) is 4.48. The van der Waals surface area contributed by atoms with Crippen LogP contribution < -0.4 is 10.1 Å². The number of nitro groups is 1. The van der Waals surface area contributed by atoms with Crippen molar-refractivity contribution in [2.75, 3.05) is 13.7 Å². The molecule has 0 spiro atoms. The Hall–Kier alpha value is -3.37. The lowest BCUT2D eigenvalue weighted by atomic mass is 10.2. The van der Waals surface area contributed by atoms with E-state index in [1.165, 1.54) is 61.9 Å². The first-order valence-corrected chi connectivity index (χ1v) is 10.8. The topological polar surface area (TPSA) is 129 Å². The van der Waals surface area contributed by atoms with E-state index in [2.05, 4.69) is 5.32 Å². The molecule has 0 aliphatic heterocycles. The fraction of sp³-hybridized carbons (Fsp3) is 0.150. The van der Waals surface area contributed by atoms with E-state index in [0.29, 0.717) is 5.75 Å². The van der Waals surface area contributed by atoms with Gasteiger partial charge in [-0.25, -0.2) is 8.42 Å². The Labute approximate surface area is 182 Å². The van der Waals surface area contributed by atoms with E-state index in [4.69, 9.17) is 20.8 Å². The Morgan fingerprint density at radius 3 is 2.52 bits per heavy atom. The van der Waals surface area contributed by atoms with Crippen molar-refractivity contribution < 1.29 is 27.3 Å². The molecule has 9 nitrogen and oxygen atoms in total. The van der Waals surface area contributed by atoms with Crippen molar-refractivity contribution >= 4 is 33.0 Å². The number of methoxy groups -OCH3 is 1. The first-order valence-electron chi connectivity index (χ1n) is 8.87. The summed E-state index contributed by atoms with van der Waals surface area (Å²) in [6.07, 6.45) is 1.32. The van der Waals surface area contributed by atoms with Crippen molar-refractivity contribution in [2.24, 2.45) is 0 Å². The Balaban J connectivity index is 1.88. The molecule has 0 saturated carbocycles. The van der Waals surface area contributed by atoms with Crippen LogP contribution in [0.25, 0.3) is 0 Å². The van der Waals surface area contributed by atoms with E-state index in [9.17, 15) is 23.3 Å². The lowest BCUT2D eigenvalue weighted by Crippen LogP contribution is -2.32. The molecule has 1 unspecified atom stereocenters. The van der Waals surface area contributed by atoms with Gasteiger partial charge in [0.1, 0.15) is 16.8 Å². The number of carbonyl (C=O) groups is 1. The summed E-state index contributed by atoms with van der Waals surface area (Å²) in [4.78, 5) is 22.9. The number of benzene rings is 2. The molecule has 1 amide bonds. The van der Waals surface area contributed by atoms with Gasteiger partial charge in [-0.2, -0.15) is 0 Å². The number of halogens is 1. The van der Waals surface area contributed by atoms with Crippen LogP contribution in [0.15, 0.2) is 70.2 Å². The first kappa shape index (κ1) is 22.3. The molecule has 11 heteroatoms. The summed E-state index contributed by atoms with van der Waals surface area (Å²) in [5.74, 6) is -0.140. The third kappa shape index (κ3) is 4.86. The number of carbonyl (C=O) groups excluding carboxylic acids is 1. The maximum atomic E-state index is 13.2. The molecule has 162 valence electrons. The van der Waals surface area contributed by atoms with Gasteiger partial charge in [0.15, 0.2) is 9.84 Å². The standard InChI is InChI=1S/C20H17ClN2O7S/c1-29-14-5-7-15(8-6-14)31(27,28)19(18-3-2-10-30-18)12-22-20(24)16-11-13(23(25)26)4-9-17(16)21/h2-11,19H,12H2,1H3,(H,22,24). The monoisotopic (exact) mass is 464 g/mol. The van der Waals surface area contributed by atoms with E-state index < -0.39 is 25.9 Å². The second-order valence-corrected chi connectivity index (χ2v) is 8.89. The summed E-state index contributed by atoms with van der Waals surface area (Å²) in [5, 5.41) is 12.2. The summed E-state index contributed by atoms with van der Waals surface area (Å²) in [6, 6.07) is 12.2. The van der Waals surface area contributed by atoms with Gasteiger partial charge >= 0.3 is 0 Å². The second kappa shape index (κ2) is 9.19. The number of sulfone groups is 1. The zero-order chi connectivity index (χ0) is 22.6. The van der Waals surface area contributed by atoms with Crippen molar-refractivity contribution in [3.8, 4) is 5.75 Å². The predicted molar refractivity (Wildman–Crippen MR) is 112 cm³/mol. The molecular weight excluding hydrogens is 448 g/mol. The minimum absolute atomic E-state index is 0.00402. The van der Waals surface area contributed by atoms with Gasteiger partial charge in [-0.3, -0.25) is 14.9 Å². The number of nitro benzene ring substituents is 1. The summed E-state index contributed by atoms with van der Waals surface area (Å²) >= 11 is 5.99. The summed E-state index contributed by atoms with van der Waals surface area (Å²) in [5.41, 5.74) is -0.459. The van der Waals surface area contributed by atoms with E-state index in [-0.39, 0.29) is 33.5 Å². The molecule has 1 aromatic heterocycles. The van der Waals surface area contributed by atoms with Crippen molar-refractivity contribution in [3.05, 3.63) is 87.3 Å². The fourth-order valence-electron chi connectivity index (χ4n) is 2.85. The maximum Gasteiger partial charge on any atom is 0.270 e. The summed E-state index contributed by atoms with van der Waals surface area (Å²) in [7, 11) is -2.50. The van der Waals surface area contributed by atoms with E-state index in [0.717, 1.165) is 6.07 Å². The number of amides is 1. The predicted octanol–water partition coefficient (Wildman–Crippen LogP) is 3.79. The number of rotatable bonds is 8. The minimum Gasteiger partial charge on any atom is -0.497 e. The quantitative estimate of drug-likeness (QED) is 0.396. The highest BCUT2D eigenvalue weighted by atomic mass is 35.5. The maximum absolute atomic E-state index is 13.2.